The minimum atomic E-state index is -4.44. The molecule has 0 rings (SSSR count). The Hall–Kier alpha value is -0.130. The summed E-state index contributed by atoms with van der Waals surface area (Å²) < 4.78 is 34.1. The minimum absolute atomic E-state index is 0.0717. The van der Waals surface area contributed by atoms with Gasteiger partial charge in [-0.15, -0.1) is 0 Å². The Labute approximate surface area is 125 Å². The van der Waals surface area contributed by atoms with Crippen LogP contribution >= 0.6 is 34.8 Å². The molecule has 19 heavy (non-hydrogen) atoms. The molecule has 0 aromatic carbocycles. The Balaban J connectivity index is 4.59. The molecule has 0 saturated carbocycles. The van der Waals surface area contributed by atoms with E-state index in [0.29, 0.717) is 12.8 Å². The highest BCUT2D eigenvalue weighted by Gasteiger charge is 2.32. The highest BCUT2D eigenvalue weighted by atomic mass is 35.6. The maximum absolute atomic E-state index is 12.1. The van der Waals surface area contributed by atoms with E-state index >= 15 is 0 Å². The lowest BCUT2D eigenvalue weighted by atomic mass is 10.1. The number of alkyl halides is 6. The summed E-state index contributed by atoms with van der Waals surface area (Å²) in [5, 5.41) is 2.27. The van der Waals surface area contributed by atoms with Crippen molar-refractivity contribution in [3.63, 3.8) is 0 Å². The molecule has 0 bridgehead atoms. The Morgan fingerprint density at radius 3 is 2.26 bits per heavy atom. The van der Waals surface area contributed by atoms with Crippen LogP contribution in [0.4, 0.5) is 13.2 Å². The van der Waals surface area contributed by atoms with Gasteiger partial charge in [-0.1, -0.05) is 67.1 Å². The van der Waals surface area contributed by atoms with Crippen LogP contribution < -0.4 is 5.32 Å². The average molecular weight is 341 g/mol. The van der Waals surface area contributed by atoms with E-state index in [4.69, 9.17) is 34.8 Å². The molecule has 0 spiro atoms. The molecule has 0 saturated heterocycles. The average Bonchev–Trinajstić information content (AvgIpc) is 2.23. The van der Waals surface area contributed by atoms with Crippen molar-refractivity contribution in [2.75, 3.05) is 0 Å². The topological polar surface area (TPSA) is 29.1 Å². The van der Waals surface area contributed by atoms with Gasteiger partial charge in [0.15, 0.2) is 0 Å². The number of hydrogen-bond donors (Lipinski definition) is 1. The van der Waals surface area contributed by atoms with Gasteiger partial charge in [-0.05, 0) is 6.42 Å². The lowest BCUT2D eigenvalue weighted by Gasteiger charge is -2.18. The normalized spacial score (nSPS) is 14.7. The molecular weight excluding hydrogens is 325 g/mol. The van der Waals surface area contributed by atoms with Gasteiger partial charge in [-0.2, -0.15) is 13.2 Å². The smallest absolute Gasteiger partial charge is 0.346 e. The van der Waals surface area contributed by atoms with Gasteiger partial charge in [0.1, 0.15) is 0 Å². The third-order valence-electron chi connectivity index (χ3n) is 2.21. The summed E-state index contributed by atoms with van der Waals surface area (Å²) >= 11 is 16.1. The zero-order chi connectivity index (χ0) is 15.1. The fraction of sp³-hybridized carbons (Fsp3) is 0.727. The molecule has 0 aliphatic carbocycles. The zero-order valence-corrected chi connectivity index (χ0v) is 12.5. The van der Waals surface area contributed by atoms with Crippen LogP contribution in [0, 0.1) is 0 Å². The highest BCUT2D eigenvalue weighted by Crippen LogP contribution is 2.26. The summed E-state index contributed by atoms with van der Waals surface area (Å²) in [5.74, 6) is -0.939. The van der Waals surface area contributed by atoms with E-state index in [1.165, 1.54) is 0 Å². The number of nitrogens with one attached hydrogen (secondary N) is 1. The Morgan fingerprint density at radius 1 is 1.26 bits per heavy atom. The quantitative estimate of drug-likeness (QED) is 0.429. The summed E-state index contributed by atoms with van der Waals surface area (Å²) in [4.78, 5) is 11.4. The maximum Gasteiger partial charge on any atom is 0.409 e. The monoisotopic (exact) mass is 339 g/mol. The Bertz CT molecular complexity index is 313. The summed E-state index contributed by atoms with van der Waals surface area (Å²) in [6.07, 6.45) is -0.718. The van der Waals surface area contributed by atoms with Gasteiger partial charge in [0, 0.05) is 12.1 Å². The van der Waals surface area contributed by atoms with Crippen LogP contribution in [-0.2, 0) is 4.79 Å². The molecule has 0 aromatic heterocycles. The van der Waals surface area contributed by atoms with Crippen LogP contribution in [0.1, 0.15) is 32.6 Å². The van der Waals surface area contributed by atoms with Crippen LogP contribution in [0.25, 0.3) is 0 Å². The van der Waals surface area contributed by atoms with E-state index in [0.717, 1.165) is 18.9 Å². The summed E-state index contributed by atoms with van der Waals surface area (Å²) in [6.45, 7) is 1.96. The number of hydrogen-bond acceptors (Lipinski definition) is 1. The predicted molar refractivity (Wildman–Crippen MR) is 71.6 cm³/mol. The zero-order valence-electron chi connectivity index (χ0n) is 10.2. The molecular formula is C11H15Cl3F3NO. The molecule has 1 N–H and O–H groups in total. The first kappa shape index (κ1) is 18.9. The van der Waals surface area contributed by atoms with E-state index in [1.807, 2.05) is 6.92 Å². The Kier molecular flexibility index (Phi) is 8.17. The van der Waals surface area contributed by atoms with Gasteiger partial charge in [-0.3, -0.25) is 4.79 Å². The van der Waals surface area contributed by atoms with Crippen molar-refractivity contribution in [2.24, 2.45) is 0 Å². The molecule has 2 nitrogen and oxygen atoms in total. The van der Waals surface area contributed by atoms with E-state index in [2.05, 4.69) is 5.32 Å². The van der Waals surface area contributed by atoms with Gasteiger partial charge in [0.2, 0.25) is 0 Å². The number of carbonyl (C=O) groups is 1. The van der Waals surface area contributed by atoms with Crippen molar-refractivity contribution in [3.05, 3.63) is 12.2 Å². The lowest BCUT2D eigenvalue weighted by molar-refractivity contribution is -0.120. The first-order valence-electron chi connectivity index (χ1n) is 5.70. The van der Waals surface area contributed by atoms with Crippen LogP contribution in [0.2, 0.25) is 0 Å². The van der Waals surface area contributed by atoms with Gasteiger partial charge in [-0.25, -0.2) is 0 Å². The van der Waals surface area contributed by atoms with Gasteiger partial charge >= 0.3 is 6.18 Å². The lowest BCUT2D eigenvalue weighted by Crippen LogP contribution is -2.41. The molecule has 0 radical (unpaired) electrons. The fourth-order valence-electron chi connectivity index (χ4n) is 1.31. The highest BCUT2D eigenvalue weighted by molar-refractivity contribution is 6.76. The third-order valence-corrected chi connectivity index (χ3v) is 2.73. The predicted octanol–water partition coefficient (Wildman–Crippen LogP) is 4.54. The standard InChI is InChI=1S/C11H15Cl3F3NO/c1-2-3-4-5-8(6-7-10(15,16)17)18-9(19)11(12,13)14/h6-8H,2-5H2,1H3,(H,18,19)/b7-6+. The molecule has 1 unspecified atom stereocenters. The van der Waals surface area contributed by atoms with E-state index in [1.54, 1.807) is 0 Å². The second kappa shape index (κ2) is 8.22. The van der Waals surface area contributed by atoms with Crippen LogP contribution in [0.3, 0.4) is 0 Å². The van der Waals surface area contributed by atoms with Crippen LogP contribution in [0.5, 0.6) is 0 Å². The van der Waals surface area contributed by atoms with Crippen molar-refractivity contribution < 1.29 is 18.0 Å². The van der Waals surface area contributed by atoms with Crippen molar-refractivity contribution in [1.29, 1.82) is 0 Å². The number of halogens is 6. The molecule has 112 valence electrons. The van der Waals surface area contributed by atoms with Crippen molar-refractivity contribution in [3.8, 4) is 0 Å². The van der Waals surface area contributed by atoms with Gasteiger partial charge in [0.05, 0.1) is 0 Å². The van der Waals surface area contributed by atoms with E-state index in [9.17, 15) is 18.0 Å². The van der Waals surface area contributed by atoms with Gasteiger partial charge in [0.25, 0.3) is 9.70 Å². The summed E-state index contributed by atoms with van der Waals surface area (Å²) in [7, 11) is 0. The minimum Gasteiger partial charge on any atom is -0.346 e. The molecule has 0 aliphatic heterocycles. The third kappa shape index (κ3) is 10.3. The molecule has 0 aliphatic rings. The largest absolute Gasteiger partial charge is 0.409 e. The van der Waals surface area contributed by atoms with E-state index in [-0.39, 0.29) is 6.08 Å². The summed E-state index contributed by atoms with van der Waals surface area (Å²) in [6, 6.07) is -0.809. The molecule has 0 fully saturated rings. The first-order chi connectivity index (χ1) is 8.56. The number of allylic oxidation sites excluding steroid dienone is 1. The van der Waals surface area contributed by atoms with Crippen LogP contribution in [0.15, 0.2) is 12.2 Å². The van der Waals surface area contributed by atoms with Crippen molar-refractivity contribution in [1.82, 2.24) is 5.32 Å². The number of amides is 1. The molecule has 1 atom stereocenters. The van der Waals surface area contributed by atoms with Gasteiger partial charge < -0.3 is 5.32 Å². The second-order valence-electron chi connectivity index (χ2n) is 3.97. The molecule has 0 aromatic rings. The van der Waals surface area contributed by atoms with Crippen molar-refractivity contribution >= 4 is 40.7 Å². The maximum atomic E-state index is 12.1. The number of unbranched alkanes of at least 4 members (excludes halogenated alkanes) is 2. The van der Waals surface area contributed by atoms with Crippen molar-refractivity contribution in [2.45, 2.75) is 48.6 Å². The number of carbonyl (C=O) groups excluding carboxylic acids is 1. The molecule has 0 heterocycles. The van der Waals surface area contributed by atoms with E-state index < -0.39 is 21.9 Å². The fourth-order valence-corrected chi connectivity index (χ4v) is 1.47. The first-order valence-corrected chi connectivity index (χ1v) is 6.83. The molecule has 1 amide bonds. The number of rotatable bonds is 6. The second-order valence-corrected chi connectivity index (χ2v) is 6.26. The molecule has 8 heteroatoms. The summed E-state index contributed by atoms with van der Waals surface area (Å²) in [5.41, 5.74) is 0. The van der Waals surface area contributed by atoms with Crippen LogP contribution in [-0.4, -0.2) is 21.9 Å². The SMILES string of the molecule is CCCCCC(/C=C/C(F)(F)F)NC(=O)C(Cl)(Cl)Cl. The Morgan fingerprint density at radius 2 is 1.84 bits per heavy atom.